The molecule has 25 heavy (non-hydrogen) atoms. The molecule has 2 aliphatic heterocycles. The van der Waals surface area contributed by atoms with Crippen molar-refractivity contribution in [2.24, 2.45) is 0 Å². The maximum atomic E-state index is 12.7. The van der Waals surface area contributed by atoms with Crippen LogP contribution in [0.5, 0.6) is 0 Å². The summed E-state index contributed by atoms with van der Waals surface area (Å²) in [5.41, 5.74) is 2.13. The summed E-state index contributed by atoms with van der Waals surface area (Å²) in [6.07, 6.45) is 4.89. The molecule has 2 aromatic heterocycles. The van der Waals surface area contributed by atoms with E-state index in [9.17, 15) is 9.59 Å². The van der Waals surface area contributed by atoms with E-state index in [4.69, 9.17) is 0 Å². The smallest absolute Gasteiger partial charge is 0.274 e. The molecule has 0 aliphatic carbocycles. The zero-order chi connectivity index (χ0) is 17.2. The Bertz CT molecular complexity index is 755. The zero-order valence-corrected chi connectivity index (χ0v) is 14.1. The van der Waals surface area contributed by atoms with Crippen molar-refractivity contribution in [2.75, 3.05) is 26.2 Å². The Balaban J connectivity index is 1.39. The predicted octanol–water partition coefficient (Wildman–Crippen LogP) is 1.21. The van der Waals surface area contributed by atoms with Gasteiger partial charge < -0.3 is 9.80 Å². The number of hydrogen-bond acceptors (Lipinski definition) is 4. The lowest BCUT2D eigenvalue weighted by Gasteiger charge is -2.34. The van der Waals surface area contributed by atoms with Crippen molar-refractivity contribution >= 4 is 11.8 Å². The van der Waals surface area contributed by atoms with E-state index in [1.165, 1.54) is 0 Å². The van der Waals surface area contributed by atoms with E-state index in [1.807, 2.05) is 10.7 Å². The predicted molar refractivity (Wildman–Crippen MR) is 91.2 cm³/mol. The van der Waals surface area contributed by atoms with Gasteiger partial charge in [-0.25, -0.2) is 0 Å². The number of pyridine rings is 1. The van der Waals surface area contributed by atoms with Crippen molar-refractivity contribution < 1.29 is 9.59 Å². The quantitative estimate of drug-likeness (QED) is 0.825. The molecule has 7 nitrogen and oxygen atoms in total. The van der Waals surface area contributed by atoms with Crippen LogP contribution in [-0.2, 0) is 13.0 Å². The second kappa shape index (κ2) is 6.66. The molecule has 1 saturated heterocycles. The molecule has 0 N–H and O–H groups in total. The number of amides is 2. The summed E-state index contributed by atoms with van der Waals surface area (Å²) in [6, 6.07) is 7.24. The second-order valence-corrected chi connectivity index (χ2v) is 6.50. The van der Waals surface area contributed by atoms with Crippen LogP contribution in [0.2, 0.25) is 0 Å². The molecule has 4 heterocycles. The summed E-state index contributed by atoms with van der Waals surface area (Å²) >= 11 is 0. The van der Waals surface area contributed by atoms with Crippen molar-refractivity contribution in [3.63, 3.8) is 0 Å². The third kappa shape index (κ3) is 3.14. The first kappa shape index (κ1) is 15.8. The average Bonchev–Trinajstić information content (AvgIpc) is 3.12. The van der Waals surface area contributed by atoms with Crippen molar-refractivity contribution in [1.82, 2.24) is 24.6 Å². The molecular formula is C18H21N5O2. The molecule has 0 aromatic carbocycles. The molecule has 0 saturated carbocycles. The summed E-state index contributed by atoms with van der Waals surface area (Å²) in [5, 5.41) is 4.46. The number of piperazine rings is 1. The Labute approximate surface area is 146 Å². The zero-order valence-electron chi connectivity index (χ0n) is 14.1. The summed E-state index contributed by atoms with van der Waals surface area (Å²) in [5.74, 6) is -0.114. The molecule has 2 aliphatic rings. The lowest BCUT2D eigenvalue weighted by molar-refractivity contribution is 0.0528. The normalized spacial score (nSPS) is 17.3. The van der Waals surface area contributed by atoms with Gasteiger partial charge in [0.25, 0.3) is 11.8 Å². The van der Waals surface area contributed by atoms with E-state index in [1.54, 1.807) is 34.2 Å². The summed E-state index contributed by atoms with van der Waals surface area (Å²) < 4.78 is 1.96. The molecule has 0 unspecified atom stereocenters. The molecule has 0 spiro atoms. The minimum absolute atomic E-state index is 0.0353. The van der Waals surface area contributed by atoms with Crippen molar-refractivity contribution in [3.05, 3.63) is 47.5 Å². The third-order valence-corrected chi connectivity index (χ3v) is 4.87. The topological polar surface area (TPSA) is 71.3 Å². The van der Waals surface area contributed by atoms with Crippen LogP contribution in [-0.4, -0.2) is 62.6 Å². The summed E-state index contributed by atoms with van der Waals surface area (Å²) in [7, 11) is 0. The van der Waals surface area contributed by atoms with Crippen LogP contribution in [0.4, 0.5) is 0 Å². The first-order chi connectivity index (χ1) is 12.2. The molecule has 0 radical (unpaired) electrons. The van der Waals surface area contributed by atoms with Gasteiger partial charge in [0.2, 0.25) is 0 Å². The van der Waals surface area contributed by atoms with Crippen molar-refractivity contribution in [1.29, 1.82) is 0 Å². The first-order valence-corrected chi connectivity index (χ1v) is 8.79. The molecule has 2 amide bonds. The number of hydrogen-bond donors (Lipinski definition) is 0. The fourth-order valence-corrected chi connectivity index (χ4v) is 3.45. The van der Waals surface area contributed by atoms with Crippen LogP contribution in [0.25, 0.3) is 0 Å². The summed E-state index contributed by atoms with van der Waals surface area (Å²) in [6.45, 7) is 3.00. The molecule has 1 fully saturated rings. The highest BCUT2D eigenvalue weighted by molar-refractivity contribution is 5.94. The van der Waals surface area contributed by atoms with E-state index >= 15 is 0 Å². The average molecular weight is 339 g/mol. The van der Waals surface area contributed by atoms with Gasteiger partial charge in [0.15, 0.2) is 5.69 Å². The largest absolute Gasteiger partial charge is 0.334 e. The number of aromatic nitrogens is 3. The molecule has 130 valence electrons. The lowest BCUT2D eigenvalue weighted by Crippen LogP contribution is -2.50. The molecule has 0 atom stereocenters. The Morgan fingerprint density at radius 3 is 2.24 bits per heavy atom. The minimum atomic E-state index is -0.0786. The second-order valence-electron chi connectivity index (χ2n) is 6.50. The minimum Gasteiger partial charge on any atom is -0.334 e. The number of carbonyl (C=O) groups is 2. The van der Waals surface area contributed by atoms with Gasteiger partial charge in [-0.05, 0) is 37.5 Å². The Hall–Kier alpha value is -2.70. The number of carbonyl (C=O) groups excluding carboxylic acids is 2. The molecule has 0 bridgehead atoms. The van der Waals surface area contributed by atoms with Crippen LogP contribution in [0.15, 0.2) is 30.5 Å². The number of aryl methyl sites for hydroxylation is 2. The van der Waals surface area contributed by atoms with E-state index in [0.717, 1.165) is 31.5 Å². The highest BCUT2D eigenvalue weighted by atomic mass is 16.2. The standard InChI is InChI=1S/C18H21N5O2/c24-17(15-6-1-3-7-19-15)21-9-11-22(12-10-21)18(25)16-13-14-5-2-4-8-23(14)20-16/h1,3,6-7,13H,2,4-5,8-12H2. The van der Waals surface area contributed by atoms with Crippen molar-refractivity contribution in [2.45, 2.75) is 25.8 Å². The highest BCUT2D eigenvalue weighted by Gasteiger charge is 2.27. The van der Waals surface area contributed by atoms with Gasteiger partial charge in [-0.3, -0.25) is 19.3 Å². The van der Waals surface area contributed by atoms with Crippen LogP contribution in [0.3, 0.4) is 0 Å². The van der Waals surface area contributed by atoms with Gasteiger partial charge >= 0.3 is 0 Å². The fraction of sp³-hybridized carbons (Fsp3) is 0.444. The molecular weight excluding hydrogens is 318 g/mol. The Morgan fingerprint density at radius 1 is 0.880 bits per heavy atom. The van der Waals surface area contributed by atoms with Crippen LogP contribution >= 0.6 is 0 Å². The molecule has 2 aromatic rings. The number of rotatable bonds is 2. The van der Waals surface area contributed by atoms with E-state index in [2.05, 4.69) is 10.1 Å². The van der Waals surface area contributed by atoms with Crippen LogP contribution < -0.4 is 0 Å². The molecule has 7 heteroatoms. The monoisotopic (exact) mass is 339 g/mol. The SMILES string of the molecule is O=C(c1ccccn1)N1CCN(C(=O)c2cc3n(n2)CCCC3)CC1. The number of nitrogens with zero attached hydrogens (tertiary/aromatic N) is 5. The maximum absolute atomic E-state index is 12.7. The van der Waals surface area contributed by atoms with E-state index < -0.39 is 0 Å². The maximum Gasteiger partial charge on any atom is 0.274 e. The third-order valence-electron chi connectivity index (χ3n) is 4.87. The first-order valence-electron chi connectivity index (χ1n) is 8.79. The van der Waals surface area contributed by atoms with Gasteiger partial charge in [-0.2, -0.15) is 5.10 Å². The molecule has 4 rings (SSSR count). The van der Waals surface area contributed by atoms with Crippen LogP contribution in [0, 0.1) is 0 Å². The number of fused-ring (bicyclic) bond motifs is 1. The van der Waals surface area contributed by atoms with E-state index in [-0.39, 0.29) is 11.8 Å². The van der Waals surface area contributed by atoms with Gasteiger partial charge in [0.1, 0.15) is 5.69 Å². The Kier molecular flexibility index (Phi) is 4.21. The van der Waals surface area contributed by atoms with Gasteiger partial charge in [-0.15, -0.1) is 0 Å². The summed E-state index contributed by atoms with van der Waals surface area (Å²) in [4.78, 5) is 32.8. The van der Waals surface area contributed by atoms with Crippen LogP contribution in [0.1, 0.15) is 39.5 Å². The highest BCUT2D eigenvalue weighted by Crippen LogP contribution is 2.17. The van der Waals surface area contributed by atoms with E-state index in [0.29, 0.717) is 37.6 Å². The van der Waals surface area contributed by atoms with Crippen molar-refractivity contribution in [3.8, 4) is 0 Å². The van der Waals surface area contributed by atoms with Gasteiger partial charge in [0, 0.05) is 44.6 Å². The fourth-order valence-electron chi connectivity index (χ4n) is 3.45. The lowest BCUT2D eigenvalue weighted by atomic mass is 10.1. The Morgan fingerprint density at radius 2 is 1.60 bits per heavy atom. The van der Waals surface area contributed by atoms with Gasteiger partial charge in [-0.1, -0.05) is 6.07 Å². The van der Waals surface area contributed by atoms with Gasteiger partial charge in [0.05, 0.1) is 0 Å².